The van der Waals surface area contributed by atoms with Crippen molar-refractivity contribution in [1.29, 1.82) is 0 Å². The molecule has 1 rings (SSSR count). The molecule has 1 saturated heterocycles. The summed E-state index contributed by atoms with van der Waals surface area (Å²) in [6, 6.07) is -1.34. The van der Waals surface area contributed by atoms with Crippen LogP contribution in [0.3, 0.4) is 0 Å². The molecule has 0 aromatic heterocycles. The van der Waals surface area contributed by atoms with Crippen LogP contribution in [0.4, 0.5) is 0 Å². The second kappa shape index (κ2) is 9.28. The first-order chi connectivity index (χ1) is 11.3. The Balaban J connectivity index is 3.14. The average Bonchev–Trinajstić information content (AvgIpc) is 2.48. The highest BCUT2D eigenvalue weighted by atomic mass is 16.7. The number of carbonyl (C=O) groups is 3. The number of ether oxygens (including phenoxy) is 4. The van der Waals surface area contributed by atoms with Gasteiger partial charge in [0, 0.05) is 20.5 Å². The lowest BCUT2D eigenvalue weighted by atomic mass is 9.95. The molecule has 136 valence electrons. The molecule has 0 bridgehead atoms. The van der Waals surface area contributed by atoms with Crippen LogP contribution in [-0.4, -0.2) is 55.1 Å². The average molecular weight is 346 g/mol. The third-order valence-corrected chi connectivity index (χ3v) is 3.31. The van der Waals surface area contributed by atoms with Crippen LogP contribution in [0.5, 0.6) is 0 Å². The van der Waals surface area contributed by atoms with E-state index in [9.17, 15) is 19.3 Å². The van der Waals surface area contributed by atoms with Gasteiger partial charge >= 0.3 is 11.9 Å². The molecule has 0 saturated carbocycles. The molecule has 1 amide bonds. The lowest BCUT2D eigenvalue weighted by molar-refractivity contribution is -0.270. The largest absolute Gasteiger partial charge is 0.453 e. The fraction of sp³-hybridized carbons (Fsp3) is 0.786. The highest BCUT2D eigenvalue weighted by Gasteiger charge is 2.53. The number of carbonyl (C=O) groups excluding carboxylic acids is 3. The summed E-state index contributed by atoms with van der Waals surface area (Å²) in [5, 5.41) is 2.85. The van der Waals surface area contributed by atoms with Gasteiger partial charge in [0.2, 0.25) is 12.2 Å². The van der Waals surface area contributed by atoms with Crippen molar-refractivity contribution in [2.24, 2.45) is 10.9 Å². The minimum atomic E-state index is -1.47. The van der Waals surface area contributed by atoms with E-state index in [1.165, 1.54) is 0 Å². The first kappa shape index (κ1) is 20.0. The van der Waals surface area contributed by atoms with Crippen molar-refractivity contribution in [3.63, 3.8) is 0 Å². The van der Waals surface area contributed by atoms with Crippen LogP contribution < -0.4 is 5.73 Å². The van der Waals surface area contributed by atoms with Gasteiger partial charge in [-0.2, -0.15) is 4.91 Å². The SMILES string of the molecule is CCCCOC1C(N=O)C(C(N)=O)OC(OC(C)=O)C1OC(C)=O. The Morgan fingerprint density at radius 3 is 2.21 bits per heavy atom. The van der Waals surface area contributed by atoms with E-state index in [4.69, 9.17) is 24.7 Å². The van der Waals surface area contributed by atoms with Crippen molar-refractivity contribution >= 4 is 17.8 Å². The molecule has 0 aromatic carbocycles. The quantitative estimate of drug-likeness (QED) is 0.368. The Kier molecular flexibility index (Phi) is 7.72. The predicted octanol–water partition coefficient (Wildman–Crippen LogP) is 0.0117. The summed E-state index contributed by atoms with van der Waals surface area (Å²) in [7, 11) is 0. The molecule has 1 heterocycles. The second-order valence-electron chi connectivity index (χ2n) is 5.30. The predicted molar refractivity (Wildman–Crippen MR) is 79.4 cm³/mol. The highest BCUT2D eigenvalue weighted by Crippen LogP contribution is 2.29. The highest BCUT2D eigenvalue weighted by molar-refractivity contribution is 5.80. The van der Waals surface area contributed by atoms with E-state index in [0.717, 1.165) is 20.3 Å². The number of esters is 2. The molecule has 0 aliphatic carbocycles. The van der Waals surface area contributed by atoms with Crippen LogP contribution in [-0.2, 0) is 33.3 Å². The molecule has 2 N–H and O–H groups in total. The zero-order valence-corrected chi connectivity index (χ0v) is 13.8. The van der Waals surface area contributed by atoms with Crippen molar-refractivity contribution < 1.29 is 33.3 Å². The zero-order chi connectivity index (χ0) is 18.3. The first-order valence-corrected chi connectivity index (χ1v) is 7.55. The summed E-state index contributed by atoms with van der Waals surface area (Å²) in [6.07, 6.45) is -3.81. The van der Waals surface area contributed by atoms with E-state index < -0.39 is 48.5 Å². The summed E-state index contributed by atoms with van der Waals surface area (Å²) in [4.78, 5) is 45.4. The van der Waals surface area contributed by atoms with Crippen molar-refractivity contribution in [3.05, 3.63) is 4.91 Å². The lowest BCUT2D eigenvalue weighted by Crippen LogP contribution is -2.62. The summed E-state index contributed by atoms with van der Waals surface area (Å²) in [5.41, 5.74) is 5.22. The minimum absolute atomic E-state index is 0.225. The number of nitrogens with zero attached hydrogens (tertiary/aromatic N) is 1. The van der Waals surface area contributed by atoms with Crippen molar-refractivity contribution in [2.45, 2.75) is 64.3 Å². The van der Waals surface area contributed by atoms with Crippen LogP contribution in [0.15, 0.2) is 5.18 Å². The third-order valence-electron chi connectivity index (χ3n) is 3.31. The van der Waals surface area contributed by atoms with Gasteiger partial charge in [-0.25, -0.2) is 0 Å². The summed E-state index contributed by atoms with van der Waals surface area (Å²) in [6.45, 7) is 4.41. The Hall–Kier alpha value is -2.07. The monoisotopic (exact) mass is 346 g/mol. The van der Waals surface area contributed by atoms with Crippen LogP contribution in [0, 0.1) is 4.91 Å². The van der Waals surface area contributed by atoms with Crippen molar-refractivity contribution in [3.8, 4) is 0 Å². The van der Waals surface area contributed by atoms with E-state index in [2.05, 4.69) is 5.18 Å². The molecule has 1 aliphatic heterocycles. The van der Waals surface area contributed by atoms with Gasteiger partial charge in [0.15, 0.2) is 18.2 Å². The number of rotatable bonds is 8. The van der Waals surface area contributed by atoms with Gasteiger partial charge in [0.1, 0.15) is 6.10 Å². The van der Waals surface area contributed by atoms with E-state index >= 15 is 0 Å². The summed E-state index contributed by atoms with van der Waals surface area (Å²) >= 11 is 0. The number of hydrogen-bond acceptors (Lipinski definition) is 9. The number of unbranched alkanes of at least 4 members (excludes halogenated alkanes) is 1. The van der Waals surface area contributed by atoms with E-state index in [1.807, 2.05) is 6.92 Å². The fourth-order valence-corrected chi connectivity index (χ4v) is 2.30. The topological polar surface area (TPSA) is 144 Å². The lowest BCUT2D eigenvalue weighted by Gasteiger charge is -2.41. The fourth-order valence-electron chi connectivity index (χ4n) is 2.30. The van der Waals surface area contributed by atoms with Gasteiger partial charge in [-0.15, -0.1) is 0 Å². The molecule has 0 aromatic rings. The molecule has 0 radical (unpaired) electrons. The normalized spacial score (nSPS) is 29.5. The Labute approximate surface area is 138 Å². The van der Waals surface area contributed by atoms with Crippen LogP contribution in [0.2, 0.25) is 0 Å². The number of nitrogens with two attached hydrogens (primary N) is 1. The maximum absolute atomic E-state index is 11.6. The van der Waals surface area contributed by atoms with Crippen LogP contribution in [0.1, 0.15) is 33.6 Å². The molecular weight excluding hydrogens is 324 g/mol. The van der Waals surface area contributed by atoms with Gasteiger partial charge in [0.25, 0.3) is 0 Å². The standard InChI is InChI=1S/C14H22N2O8/c1-4-5-6-21-10-9(16-20)11(13(15)19)24-14(23-8(3)18)12(10)22-7(2)17/h9-12,14H,4-6H2,1-3H3,(H2,15,19). The van der Waals surface area contributed by atoms with E-state index in [-0.39, 0.29) is 6.61 Å². The van der Waals surface area contributed by atoms with Crippen LogP contribution >= 0.6 is 0 Å². The van der Waals surface area contributed by atoms with Crippen molar-refractivity contribution in [1.82, 2.24) is 0 Å². The summed E-state index contributed by atoms with van der Waals surface area (Å²) in [5.74, 6) is -2.40. The smallest absolute Gasteiger partial charge is 0.305 e. The maximum atomic E-state index is 11.6. The summed E-state index contributed by atoms with van der Waals surface area (Å²) < 4.78 is 20.9. The first-order valence-electron chi connectivity index (χ1n) is 7.55. The molecule has 5 unspecified atom stereocenters. The molecule has 1 fully saturated rings. The Morgan fingerprint density at radius 2 is 1.75 bits per heavy atom. The molecular formula is C14H22N2O8. The molecule has 24 heavy (non-hydrogen) atoms. The van der Waals surface area contributed by atoms with Gasteiger partial charge in [-0.05, 0) is 6.42 Å². The molecule has 10 nitrogen and oxygen atoms in total. The molecule has 0 spiro atoms. The number of primary amides is 1. The van der Waals surface area contributed by atoms with E-state index in [1.54, 1.807) is 0 Å². The van der Waals surface area contributed by atoms with Gasteiger partial charge < -0.3 is 24.7 Å². The van der Waals surface area contributed by atoms with Gasteiger partial charge in [0.05, 0.1) is 0 Å². The Morgan fingerprint density at radius 1 is 1.12 bits per heavy atom. The zero-order valence-electron chi connectivity index (χ0n) is 13.8. The number of nitroso groups, excluding NO2 is 1. The number of hydrogen-bond donors (Lipinski definition) is 1. The number of amides is 1. The second-order valence-corrected chi connectivity index (χ2v) is 5.30. The minimum Gasteiger partial charge on any atom is -0.453 e. The molecule has 10 heteroatoms. The van der Waals surface area contributed by atoms with E-state index in [0.29, 0.717) is 6.42 Å². The van der Waals surface area contributed by atoms with Crippen molar-refractivity contribution in [2.75, 3.05) is 6.61 Å². The molecule has 5 atom stereocenters. The van der Waals surface area contributed by atoms with Crippen LogP contribution in [0.25, 0.3) is 0 Å². The maximum Gasteiger partial charge on any atom is 0.305 e. The van der Waals surface area contributed by atoms with Gasteiger partial charge in [-0.1, -0.05) is 18.5 Å². The Bertz CT molecular complexity index is 483. The third kappa shape index (κ3) is 5.24. The molecule has 1 aliphatic rings. The van der Waals surface area contributed by atoms with Gasteiger partial charge in [-0.3, -0.25) is 14.4 Å².